The van der Waals surface area contributed by atoms with Crippen LogP contribution >= 0.6 is 22.9 Å². The number of carboxylic acid groups (broad SMARTS) is 1. The number of fused-ring (bicyclic) bond motifs is 2. The highest BCUT2D eigenvalue weighted by atomic mass is 35.5. The number of aromatic nitrogens is 2. The molecule has 0 amide bonds. The van der Waals surface area contributed by atoms with E-state index in [0.717, 1.165) is 64.1 Å². The third-order valence-electron chi connectivity index (χ3n) is 9.13. The minimum atomic E-state index is -4.74. The standard InChI is InChI=1S/C34H32ClF3N4O4S/c1-45-30-19(17-42-13-11-18(16-42)33(43)44)14-25(34(36,37)38)31(41-30)46-27-9-8-21-20(4-2-5-22(21)27)23-6-3-7-24(29(23)35)32-40-26-15-39-12-10-28(26)47-32/h2-7,14,18,27,39H,8-13,15-17H2,1H3,(H,43,44)/t18?,27-/m0/s1. The topological polar surface area (TPSA) is 96.8 Å². The van der Waals surface area contributed by atoms with Crippen LogP contribution in [0.2, 0.25) is 5.02 Å². The molecule has 0 spiro atoms. The lowest BCUT2D eigenvalue weighted by Gasteiger charge is -2.22. The number of likely N-dealkylation sites (tertiary alicyclic amines) is 1. The summed E-state index contributed by atoms with van der Waals surface area (Å²) >= 11 is 8.71. The summed E-state index contributed by atoms with van der Waals surface area (Å²) in [7, 11) is 1.35. The van der Waals surface area contributed by atoms with Crippen LogP contribution in [-0.2, 0) is 36.9 Å². The summed E-state index contributed by atoms with van der Waals surface area (Å²) in [4.78, 5) is 23.5. The van der Waals surface area contributed by atoms with E-state index in [1.54, 1.807) is 16.2 Å². The van der Waals surface area contributed by atoms with Gasteiger partial charge in [0.2, 0.25) is 11.8 Å². The SMILES string of the molecule is COc1nc(O[C@H]2CCc3c(-c4cccc(-c5nc6c(s5)CCNC6)c4Cl)cccc32)c(C(F)(F)F)cc1CN1CCC(C(=O)O)C1. The van der Waals surface area contributed by atoms with Crippen molar-refractivity contribution in [1.82, 2.24) is 20.2 Å². The summed E-state index contributed by atoms with van der Waals surface area (Å²) < 4.78 is 54.8. The molecule has 1 unspecified atom stereocenters. The Labute approximate surface area is 278 Å². The molecular weight excluding hydrogens is 653 g/mol. The molecule has 3 aliphatic rings. The maximum Gasteiger partial charge on any atom is 0.421 e. The number of nitrogens with one attached hydrogen (secondary N) is 1. The fourth-order valence-corrected chi connectivity index (χ4v) is 8.28. The van der Waals surface area contributed by atoms with Gasteiger partial charge in [0.05, 0.1) is 23.7 Å². The number of hydrogen-bond donors (Lipinski definition) is 2. The first-order valence-corrected chi connectivity index (χ1v) is 16.7. The number of benzene rings is 2. The molecule has 8 nitrogen and oxygen atoms in total. The Hall–Kier alpha value is -3.71. The second-order valence-electron chi connectivity index (χ2n) is 12.1. The van der Waals surface area contributed by atoms with Crippen LogP contribution in [0.5, 0.6) is 11.8 Å². The maximum atomic E-state index is 14.4. The average Bonchev–Trinajstić information content (AvgIpc) is 3.80. The normalized spacial score (nSPS) is 19.4. The molecule has 1 aliphatic carbocycles. The number of carboxylic acids is 1. The first-order chi connectivity index (χ1) is 22.6. The molecule has 47 heavy (non-hydrogen) atoms. The summed E-state index contributed by atoms with van der Waals surface area (Å²) in [6, 6.07) is 12.6. The van der Waals surface area contributed by atoms with E-state index >= 15 is 0 Å². The molecule has 246 valence electrons. The van der Waals surface area contributed by atoms with Crippen molar-refractivity contribution in [2.45, 2.75) is 51.1 Å². The van der Waals surface area contributed by atoms with Crippen molar-refractivity contribution in [3.8, 4) is 33.5 Å². The van der Waals surface area contributed by atoms with E-state index in [2.05, 4.69) is 10.3 Å². The van der Waals surface area contributed by atoms with Gasteiger partial charge in [0, 0.05) is 47.7 Å². The van der Waals surface area contributed by atoms with Crippen LogP contribution in [0.25, 0.3) is 21.7 Å². The van der Waals surface area contributed by atoms with Crippen LogP contribution in [0.1, 0.15) is 51.8 Å². The monoisotopic (exact) mass is 684 g/mol. The quantitative estimate of drug-likeness (QED) is 0.202. The number of hydrogen-bond acceptors (Lipinski definition) is 8. The number of ether oxygens (including phenoxy) is 2. The van der Waals surface area contributed by atoms with Crippen molar-refractivity contribution in [2.24, 2.45) is 5.92 Å². The van der Waals surface area contributed by atoms with E-state index in [9.17, 15) is 23.1 Å². The number of carbonyl (C=O) groups is 1. The van der Waals surface area contributed by atoms with Gasteiger partial charge in [-0.2, -0.15) is 18.2 Å². The van der Waals surface area contributed by atoms with Gasteiger partial charge in [0.25, 0.3) is 0 Å². The number of aliphatic carboxylic acids is 1. The van der Waals surface area contributed by atoms with Gasteiger partial charge in [-0.1, -0.05) is 48.0 Å². The number of nitrogens with zero attached hydrogens (tertiary/aromatic N) is 3. The van der Waals surface area contributed by atoms with Crippen molar-refractivity contribution in [3.05, 3.63) is 80.3 Å². The third kappa shape index (κ3) is 6.19. The Morgan fingerprint density at radius 2 is 1.89 bits per heavy atom. The molecule has 7 rings (SSSR count). The van der Waals surface area contributed by atoms with Gasteiger partial charge in [-0.05, 0) is 55.0 Å². The van der Waals surface area contributed by atoms with E-state index in [4.69, 9.17) is 26.1 Å². The fraction of sp³-hybridized carbons (Fsp3) is 0.382. The second-order valence-corrected chi connectivity index (χ2v) is 13.5. The maximum absolute atomic E-state index is 14.4. The Kier molecular flexibility index (Phi) is 8.62. The lowest BCUT2D eigenvalue weighted by Crippen LogP contribution is -2.24. The zero-order valence-corrected chi connectivity index (χ0v) is 27.1. The number of rotatable bonds is 8. The molecule has 2 aliphatic heterocycles. The molecule has 0 saturated carbocycles. The van der Waals surface area contributed by atoms with Gasteiger partial charge in [-0.3, -0.25) is 9.69 Å². The minimum absolute atomic E-state index is 0.0157. The van der Waals surface area contributed by atoms with E-state index < -0.39 is 35.6 Å². The average molecular weight is 685 g/mol. The molecule has 2 N–H and O–H groups in total. The molecule has 0 bridgehead atoms. The Morgan fingerprint density at radius 1 is 1.11 bits per heavy atom. The Bertz CT molecular complexity index is 1830. The van der Waals surface area contributed by atoms with Gasteiger partial charge >= 0.3 is 12.1 Å². The second kappa shape index (κ2) is 12.7. The van der Waals surface area contributed by atoms with Gasteiger partial charge in [0.15, 0.2) is 0 Å². The van der Waals surface area contributed by atoms with Crippen LogP contribution in [-0.4, -0.2) is 52.7 Å². The summed E-state index contributed by atoms with van der Waals surface area (Å²) in [6.45, 7) is 2.44. The van der Waals surface area contributed by atoms with Crippen molar-refractivity contribution >= 4 is 28.9 Å². The zero-order valence-electron chi connectivity index (χ0n) is 25.5. The van der Waals surface area contributed by atoms with Crippen molar-refractivity contribution in [2.75, 3.05) is 26.7 Å². The first-order valence-electron chi connectivity index (χ1n) is 15.5. The highest BCUT2D eigenvalue weighted by Crippen LogP contribution is 2.46. The fourth-order valence-electron chi connectivity index (χ4n) is 6.80. The lowest BCUT2D eigenvalue weighted by atomic mass is 9.95. The highest BCUT2D eigenvalue weighted by Gasteiger charge is 2.39. The first kappa shape index (κ1) is 31.9. The van der Waals surface area contributed by atoms with Crippen LogP contribution in [0.4, 0.5) is 13.2 Å². The predicted molar refractivity (Wildman–Crippen MR) is 172 cm³/mol. The largest absolute Gasteiger partial charge is 0.481 e. The van der Waals surface area contributed by atoms with Gasteiger partial charge < -0.3 is 19.9 Å². The molecule has 4 aromatic rings. The van der Waals surface area contributed by atoms with Gasteiger partial charge in [-0.15, -0.1) is 11.3 Å². The molecular formula is C34H32ClF3N4O4S. The summed E-state index contributed by atoms with van der Waals surface area (Å²) in [5.41, 5.74) is 4.63. The van der Waals surface area contributed by atoms with E-state index in [0.29, 0.717) is 30.8 Å². The third-order valence-corrected chi connectivity index (χ3v) is 10.7. The minimum Gasteiger partial charge on any atom is -0.481 e. The Balaban J connectivity index is 1.18. The number of methoxy groups -OCH3 is 1. The molecule has 2 atom stereocenters. The molecule has 4 heterocycles. The molecule has 1 fully saturated rings. The van der Waals surface area contributed by atoms with E-state index in [1.807, 2.05) is 36.4 Å². The van der Waals surface area contributed by atoms with Gasteiger partial charge in [0.1, 0.15) is 16.7 Å². The molecule has 2 aromatic carbocycles. The molecule has 1 saturated heterocycles. The Morgan fingerprint density at radius 3 is 2.64 bits per heavy atom. The number of pyridine rings is 1. The summed E-state index contributed by atoms with van der Waals surface area (Å²) in [6.07, 6.45) is -2.98. The van der Waals surface area contributed by atoms with E-state index in [1.165, 1.54) is 12.0 Å². The molecule has 13 heteroatoms. The molecule has 2 aromatic heterocycles. The van der Waals surface area contributed by atoms with Crippen molar-refractivity contribution in [1.29, 1.82) is 0 Å². The highest BCUT2D eigenvalue weighted by molar-refractivity contribution is 7.15. The number of halogens is 4. The van der Waals surface area contributed by atoms with Crippen LogP contribution in [0.15, 0.2) is 42.5 Å². The number of alkyl halides is 3. The smallest absolute Gasteiger partial charge is 0.421 e. The predicted octanol–water partition coefficient (Wildman–Crippen LogP) is 7.17. The van der Waals surface area contributed by atoms with Gasteiger partial charge in [-0.25, -0.2) is 4.98 Å². The van der Waals surface area contributed by atoms with E-state index in [-0.39, 0.29) is 24.5 Å². The zero-order chi connectivity index (χ0) is 32.9. The summed E-state index contributed by atoms with van der Waals surface area (Å²) in [5.74, 6) is -2.00. The number of thiazole rings is 1. The van der Waals surface area contributed by atoms with Crippen molar-refractivity contribution < 1.29 is 32.5 Å². The summed E-state index contributed by atoms with van der Waals surface area (Å²) in [5, 5.41) is 14.1. The van der Waals surface area contributed by atoms with Crippen LogP contribution in [0, 0.1) is 5.92 Å². The lowest BCUT2D eigenvalue weighted by molar-refractivity contribution is -0.141. The molecule has 0 radical (unpaired) electrons. The van der Waals surface area contributed by atoms with Crippen LogP contribution in [0.3, 0.4) is 0 Å². The van der Waals surface area contributed by atoms with Crippen molar-refractivity contribution in [3.63, 3.8) is 0 Å². The van der Waals surface area contributed by atoms with Crippen LogP contribution < -0.4 is 14.8 Å².